The first-order chi connectivity index (χ1) is 16.2. The molecule has 0 unspecified atom stereocenters. The van der Waals surface area contributed by atoms with E-state index < -0.39 is 0 Å². The highest BCUT2D eigenvalue weighted by molar-refractivity contribution is 6.09. The maximum Gasteiger partial charge on any atom is 0.178 e. The molecule has 0 atom stereocenters. The van der Waals surface area contributed by atoms with Crippen LogP contribution in [-0.4, -0.2) is 47.0 Å². The van der Waals surface area contributed by atoms with Crippen LogP contribution in [0.15, 0.2) is 60.9 Å². The molecular weight excluding hydrogens is 412 g/mol. The minimum Gasteiger partial charge on any atom is -0.497 e. The number of carbonyl (C=O) groups is 1. The Bertz CT molecular complexity index is 1400. The molecule has 0 saturated heterocycles. The van der Waals surface area contributed by atoms with Crippen LogP contribution in [0.3, 0.4) is 0 Å². The van der Waals surface area contributed by atoms with Gasteiger partial charge in [-0.05, 0) is 36.3 Å². The number of nitriles is 1. The molecule has 1 N–H and O–H groups in total. The van der Waals surface area contributed by atoms with Crippen LogP contribution in [-0.2, 0) is 6.54 Å². The number of hydrogen-bond acceptors (Lipinski definition) is 4. The number of nitrogens with one attached hydrogen (secondary N) is 1. The summed E-state index contributed by atoms with van der Waals surface area (Å²) in [5.41, 5.74) is 5.34. The Morgan fingerprint density at radius 2 is 2.09 bits per heavy atom. The Morgan fingerprint density at radius 3 is 2.88 bits per heavy atom. The number of fused-ring (bicyclic) bond motifs is 2. The van der Waals surface area contributed by atoms with Crippen molar-refractivity contribution in [3.8, 4) is 11.8 Å². The van der Waals surface area contributed by atoms with E-state index in [2.05, 4.69) is 34.3 Å². The molecule has 0 amide bonds. The molecule has 0 spiro atoms. The number of nitrogens with zero attached hydrogens (tertiary/aromatic N) is 3. The third kappa shape index (κ3) is 4.04. The predicted octanol–water partition coefficient (Wildman–Crippen LogP) is 5.02. The van der Waals surface area contributed by atoms with E-state index in [0.717, 1.165) is 52.6 Å². The highest BCUT2D eigenvalue weighted by Crippen LogP contribution is 2.31. The summed E-state index contributed by atoms with van der Waals surface area (Å²) in [6.07, 6.45) is 7.52. The molecule has 6 nitrogen and oxygen atoms in total. The third-order valence-electron chi connectivity index (χ3n) is 6.45. The maximum atomic E-state index is 13.2. The predicted molar refractivity (Wildman–Crippen MR) is 130 cm³/mol. The molecule has 33 heavy (non-hydrogen) atoms. The number of H-pyrrole nitrogens is 1. The lowest BCUT2D eigenvalue weighted by atomic mass is 9.98. The van der Waals surface area contributed by atoms with Gasteiger partial charge in [-0.2, -0.15) is 5.26 Å². The molecule has 0 radical (unpaired) electrons. The number of rotatable bonds is 7. The third-order valence-corrected chi connectivity index (χ3v) is 6.45. The van der Waals surface area contributed by atoms with Gasteiger partial charge in [-0.25, -0.2) is 0 Å². The fraction of sp³-hybridized carbons (Fsp3) is 0.259. The lowest BCUT2D eigenvalue weighted by Crippen LogP contribution is -2.33. The number of hydrogen-bond donors (Lipinski definition) is 1. The van der Waals surface area contributed by atoms with Crippen molar-refractivity contribution in [3.63, 3.8) is 0 Å². The van der Waals surface area contributed by atoms with Crippen LogP contribution in [0.25, 0.3) is 27.4 Å². The molecule has 1 aliphatic heterocycles. The molecule has 0 fully saturated rings. The van der Waals surface area contributed by atoms with Gasteiger partial charge in [0.25, 0.3) is 0 Å². The summed E-state index contributed by atoms with van der Waals surface area (Å²) in [5.74, 6) is 0.969. The first kappa shape index (κ1) is 21.0. The smallest absolute Gasteiger partial charge is 0.178 e. The quantitative estimate of drug-likeness (QED) is 0.411. The Morgan fingerprint density at radius 1 is 1.21 bits per heavy atom. The van der Waals surface area contributed by atoms with E-state index in [9.17, 15) is 4.79 Å². The largest absolute Gasteiger partial charge is 0.497 e. The minimum atomic E-state index is 0.121. The van der Waals surface area contributed by atoms with Crippen molar-refractivity contribution in [2.45, 2.75) is 19.4 Å². The summed E-state index contributed by atoms with van der Waals surface area (Å²) in [6, 6.07) is 16.2. The molecule has 4 aromatic rings. The molecule has 0 aliphatic carbocycles. The number of benzene rings is 2. The Labute approximate surface area is 192 Å². The van der Waals surface area contributed by atoms with Gasteiger partial charge in [-0.15, -0.1) is 0 Å². The van der Waals surface area contributed by atoms with Crippen LogP contribution < -0.4 is 4.74 Å². The van der Waals surface area contributed by atoms with E-state index in [1.807, 2.05) is 47.2 Å². The average molecular weight is 439 g/mol. The summed E-state index contributed by atoms with van der Waals surface area (Å²) in [5, 5.41) is 11.1. The fourth-order valence-corrected chi connectivity index (χ4v) is 4.70. The van der Waals surface area contributed by atoms with Crippen LogP contribution >= 0.6 is 0 Å². The van der Waals surface area contributed by atoms with Gasteiger partial charge in [0, 0.05) is 65.0 Å². The molecule has 0 bridgehead atoms. The van der Waals surface area contributed by atoms with Crippen molar-refractivity contribution >= 4 is 33.2 Å². The summed E-state index contributed by atoms with van der Waals surface area (Å²) < 4.78 is 7.41. The van der Waals surface area contributed by atoms with Crippen molar-refractivity contribution in [1.29, 1.82) is 5.26 Å². The second-order valence-corrected chi connectivity index (χ2v) is 8.41. The van der Waals surface area contributed by atoms with Crippen molar-refractivity contribution < 1.29 is 9.53 Å². The number of Topliss-reactive ketones (excluding diaryl/α,β-unsaturated/α-hetero) is 1. The maximum absolute atomic E-state index is 13.2. The van der Waals surface area contributed by atoms with Gasteiger partial charge in [0.1, 0.15) is 5.75 Å². The Hall–Kier alpha value is -3.82. The zero-order valence-electron chi connectivity index (χ0n) is 18.7. The van der Waals surface area contributed by atoms with E-state index in [1.165, 1.54) is 11.1 Å². The lowest BCUT2D eigenvalue weighted by Gasteiger charge is -2.25. The molecule has 6 heteroatoms. The summed E-state index contributed by atoms with van der Waals surface area (Å²) in [6.45, 7) is 2.55. The molecule has 1 aliphatic rings. The number of methoxy groups -OCH3 is 1. The van der Waals surface area contributed by atoms with Gasteiger partial charge < -0.3 is 14.3 Å². The van der Waals surface area contributed by atoms with Crippen LogP contribution in [0, 0.1) is 11.3 Å². The second-order valence-electron chi connectivity index (χ2n) is 8.41. The molecule has 5 rings (SSSR count). The summed E-state index contributed by atoms with van der Waals surface area (Å²) in [7, 11) is 1.68. The fourth-order valence-electron chi connectivity index (χ4n) is 4.70. The summed E-state index contributed by atoms with van der Waals surface area (Å²) in [4.78, 5) is 18.8. The Balaban J connectivity index is 1.33. The number of ether oxygens (including phenoxy) is 1. The van der Waals surface area contributed by atoms with E-state index in [0.29, 0.717) is 19.5 Å². The molecule has 2 aromatic heterocycles. The molecular formula is C27H26N4O2. The van der Waals surface area contributed by atoms with Crippen molar-refractivity contribution in [2.75, 3.05) is 26.7 Å². The first-order valence-electron chi connectivity index (χ1n) is 11.2. The normalized spacial score (nSPS) is 14.4. The van der Waals surface area contributed by atoms with E-state index in [-0.39, 0.29) is 5.78 Å². The highest BCUT2D eigenvalue weighted by Gasteiger charge is 2.21. The van der Waals surface area contributed by atoms with Crippen LogP contribution in [0.4, 0.5) is 0 Å². The molecule has 166 valence electrons. The van der Waals surface area contributed by atoms with E-state index >= 15 is 0 Å². The Kier molecular flexibility index (Phi) is 5.72. The number of aromatic amines is 1. The van der Waals surface area contributed by atoms with Gasteiger partial charge in [0.2, 0.25) is 0 Å². The SMILES string of the molecule is COc1ccc2[nH]cc(C3=CCN(CC(=O)c4cn(CCC#N)c5ccccc45)CC3)c2c1. The van der Waals surface area contributed by atoms with Gasteiger partial charge in [-0.1, -0.05) is 24.3 Å². The topological polar surface area (TPSA) is 74.0 Å². The van der Waals surface area contributed by atoms with E-state index in [4.69, 9.17) is 10.00 Å². The van der Waals surface area contributed by atoms with Crippen LogP contribution in [0.1, 0.15) is 28.8 Å². The van der Waals surface area contributed by atoms with E-state index in [1.54, 1.807) is 7.11 Å². The van der Waals surface area contributed by atoms with Crippen molar-refractivity contribution in [3.05, 3.63) is 72.1 Å². The number of para-hydroxylation sites is 1. The molecule has 3 heterocycles. The monoisotopic (exact) mass is 438 g/mol. The summed E-state index contributed by atoms with van der Waals surface area (Å²) >= 11 is 0. The zero-order valence-corrected chi connectivity index (χ0v) is 18.7. The zero-order chi connectivity index (χ0) is 22.8. The number of ketones is 1. The number of aryl methyl sites for hydroxylation is 1. The van der Waals surface area contributed by atoms with Gasteiger partial charge in [-0.3, -0.25) is 9.69 Å². The number of aromatic nitrogens is 2. The van der Waals surface area contributed by atoms with Gasteiger partial charge in [0.15, 0.2) is 5.78 Å². The second kappa shape index (κ2) is 8.97. The van der Waals surface area contributed by atoms with Crippen molar-refractivity contribution in [1.82, 2.24) is 14.5 Å². The first-order valence-corrected chi connectivity index (χ1v) is 11.2. The average Bonchev–Trinajstić information content (AvgIpc) is 3.44. The van der Waals surface area contributed by atoms with Crippen molar-refractivity contribution in [2.24, 2.45) is 0 Å². The molecule has 2 aromatic carbocycles. The lowest BCUT2D eigenvalue weighted by molar-refractivity contribution is 0.0939. The van der Waals surface area contributed by atoms with Gasteiger partial charge in [0.05, 0.1) is 26.1 Å². The van der Waals surface area contributed by atoms with Gasteiger partial charge >= 0.3 is 0 Å². The van der Waals surface area contributed by atoms with Crippen LogP contribution in [0.5, 0.6) is 5.75 Å². The highest BCUT2D eigenvalue weighted by atomic mass is 16.5. The standard InChI is InChI=1S/C27H26N4O2/c1-33-20-7-8-25-22(15-20)23(16-29-25)19-9-13-30(14-10-19)18-27(32)24-17-31(12-4-11-28)26-6-3-2-5-21(24)26/h2-3,5-9,15-17,29H,4,10,12-14,18H2,1H3. The number of carbonyl (C=O) groups excluding carboxylic acids is 1. The minimum absolute atomic E-state index is 0.121. The van der Waals surface area contributed by atoms with Crippen LogP contribution in [0.2, 0.25) is 0 Å². The molecule has 0 saturated carbocycles.